The van der Waals surface area contributed by atoms with Gasteiger partial charge in [-0.25, -0.2) is 0 Å². The van der Waals surface area contributed by atoms with Crippen LogP contribution in [0.15, 0.2) is 24.4 Å². The van der Waals surface area contributed by atoms with E-state index in [1.165, 1.54) is 0 Å². The minimum Gasteiger partial charge on any atom is -0.392 e. The Balaban J connectivity index is 2.81. The second-order valence-corrected chi connectivity index (χ2v) is 3.73. The Labute approximate surface area is 91.1 Å². The Hall–Kier alpha value is -0.830. The van der Waals surface area contributed by atoms with Crippen molar-refractivity contribution in [3.05, 3.63) is 40.0 Å². The Morgan fingerprint density at radius 1 is 1.21 bits per heavy atom. The molecule has 14 heavy (non-hydrogen) atoms. The zero-order chi connectivity index (χ0) is 10.1. The summed E-state index contributed by atoms with van der Waals surface area (Å²) in [7, 11) is 0. The Morgan fingerprint density at radius 2 is 1.93 bits per heavy atom. The number of pyridine rings is 1. The molecule has 0 radical (unpaired) electrons. The van der Waals surface area contributed by atoms with E-state index in [0.29, 0.717) is 10.0 Å². The topological polar surface area (TPSA) is 33.1 Å². The molecular weight excluding hydrogens is 221 g/mol. The van der Waals surface area contributed by atoms with Crippen molar-refractivity contribution in [2.24, 2.45) is 0 Å². The highest BCUT2D eigenvalue weighted by Crippen LogP contribution is 2.28. The number of benzene rings is 1. The van der Waals surface area contributed by atoms with Gasteiger partial charge in [0.05, 0.1) is 22.2 Å². The van der Waals surface area contributed by atoms with Crippen LogP contribution in [-0.2, 0) is 6.61 Å². The maximum absolute atomic E-state index is 9.09. The standard InChI is InChI=1S/C10H7Cl2NO/c11-8-3-7-6(5-14)1-2-13-10(7)4-9(8)12/h1-4,14H,5H2. The van der Waals surface area contributed by atoms with Gasteiger partial charge in [-0.3, -0.25) is 4.98 Å². The predicted octanol–water partition coefficient (Wildman–Crippen LogP) is 3.03. The molecule has 2 aromatic rings. The SMILES string of the molecule is OCc1ccnc2cc(Cl)c(Cl)cc12. The molecule has 0 unspecified atom stereocenters. The van der Waals surface area contributed by atoms with Crippen molar-refractivity contribution < 1.29 is 5.11 Å². The molecule has 0 saturated carbocycles. The first-order valence-corrected chi connectivity index (χ1v) is 4.81. The van der Waals surface area contributed by atoms with Crippen molar-refractivity contribution in [2.75, 3.05) is 0 Å². The average molecular weight is 228 g/mol. The molecule has 0 aliphatic rings. The van der Waals surface area contributed by atoms with Crippen LogP contribution in [0.4, 0.5) is 0 Å². The molecule has 0 aliphatic carbocycles. The number of rotatable bonds is 1. The summed E-state index contributed by atoms with van der Waals surface area (Å²) >= 11 is 11.7. The molecule has 1 heterocycles. The average Bonchev–Trinajstić information content (AvgIpc) is 2.19. The maximum atomic E-state index is 9.09. The first-order chi connectivity index (χ1) is 6.72. The molecule has 4 heteroatoms. The third-order valence-corrected chi connectivity index (χ3v) is 2.77. The molecule has 0 aliphatic heterocycles. The van der Waals surface area contributed by atoms with E-state index in [9.17, 15) is 0 Å². The van der Waals surface area contributed by atoms with Gasteiger partial charge in [0.2, 0.25) is 0 Å². The van der Waals surface area contributed by atoms with Gasteiger partial charge in [0.25, 0.3) is 0 Å². The highest BCUT2D eigenvalue weighted by Gasteiger charge is 2.05. The Kier molecular flexibility index (Phi) is 2.59. The monoisotopic (exact) mass is 227 g/mol. The first-order valence-electron chi connectivity index (χ1n) is 4.06. The van der Waals surface area contributed by atoms with Crippen LogP contribution in [-0.4, -0.2) is 10.1 Å². The second-order valence-electron chi connectivity index (χ2n) is 2.91. The highest BCUT2D eigenvalue weighted by atomic mass is 35.5. The van der Waals surface area contributed by atoms with Crippen molar-refractivity contribution >= 4 is 34.1 Å². The van der Waals surface area contributed by atoms with E-state index in [1.54, 1.807) is 24.4 Å². The summed E-state index contributed by atoms with van der Waals surface area (Å²) in [5.41, 5.74) is 1.54. The van der Waals surface area contributed by atoms with Crippen molar-refractivity contribution in [3.8, 4) is 0 Å². The second kappa shape index (κ2) is 3.73. The number of aliphatic hydroxyl groups excluding tert-OH is 1. The summed E-state index contributed by atoms with van der Waals surface area (Å²) in [6.45, 7) is -0.0308. The van der Waals surface area contributed by atoms with E-state index < -0.39 is 0 Å². The fourth-order valence-electron chi connectivity index (χ4n) is 1.34. The summed E-state index contributed by atoms with van der Waals surface area (Å²) in [6, 6.07) is 5.17. The predicted molar refractivity (Wildman–Crippen MR) is 57.7 cm³/mol. The lowest BCUT2D eigenvalue weighted by Gasteiger charge is -2.04. The largest absolute Gasteiger partial charge is 0.392 e. The van der Waals surface area contributed by atoms with Crippen molar-refractivity contribution in [3.63, 3.8) is 0 Å². The van der Waals surface area contributed by atoms with Gasteiger partial charge in [-0.2, -0.15) is 0 Å². The van der Waals surface area contributed by atoms with E-state index in [0.717, 1.165) is 16.5 Å². The molecule has 2 rings (SSSR count). The number of nitrogens with zero attached hydrogens (tertiary/aromatic N) is 1. The minimum absolute atomic E-state index is 0.0308. The van der Waals surface area contributed by atoms with Crippen LogP contribution in [0.5, 0.6) is 0 Å². The van der Waals surface area contributed by atoms with Gasteiger partial charge in [-0.1, -0.05) is 23.2 Å². The first kappa shape index (κ1) is 9.71. The molecule has 1 aromatic carbocycles. The zero-order valence-corrected chi connectivity index (χ0v) is 8.68. The van der Waals surface area contributed by atoms with E-state index in [4.69, 9.17) is 28.3 Å². The molecule has 1 aromatic heterocycles. The van der Waals surface area contributed by atoms with E-state index in [-0.39, 0.29) is 6.61 Å². The molecule has 2 nitrogen and oxygen atoms in total. The molecule has 72 valence electrons. The Bertz CT molecular complexity index is 485. The minimum atomic E-state index is -0.0308. The quantitative estimate of drug-likeness (QED) is 0.813. The number of halogens is 2. The third-order valence-electron chi connectivity index (χ3n) is 2.04. The van der Waals surface area contributed by atoms with E-state index >= 15 is 0 Å². The number of aliphatic hydroxyl groups is 1. The summed E-state index contributed by atoms with van der Waals surface area (Å²) in [5, 5.41) is 10.9. The summed E-state index contributed by atoms with van der Waals surface area (Å²) in [6.07, 6.45) is 1.64. The van der Waals surface area contributed by atoms with Gasteiger partial charge in [0.1, 0.15) is 0 Å². The molecule has 0 fully saturated rings. The van der Waals surface area contributed by atoms with Gasteiger partial charge >= 0.3 is 0 Å². The number of aromatic nitrogens is 1. The van der Waals surface area contributed by atoms with Crippen molar-refractivity contribution in [1.29, 1.82) is 0 Å². The normalized spacial score (nSPS) is 10.8. The summed E-state index contributed by atoms with van der Waals surface area (Å²) < 4.78 is 0. The van der Waals surface area contributed by atoms with Gasteiger partial charge in [-0.05, 0) is 23.8 Å². The lowest BCUT2D eigenvalue weighted by molar-refractivity contribution is 0.283. The molecule has 0 bridgehead atoms. The van der Waals surface area contributed by atoms with Crippen LogP contribution in [0, 0.1) is 0 Å². The van der Waals surface area contributed by atoms with Gasteiger partial charge < -0.3 is 5.11 Å². The molecular formula is C10H7Cl2NO. The summed E-state index contributed by atoms with van der Waals surface area (Å²) in [5.74, 6) is 0. The smallest absolute Gasteiger partial charge is 0.0721 e. The van der Waals surface area contributed by atoms with Crippen LogP contribution >= 0.6 is 23.2 Å². The number of hydrogen-bond donors (Lipinski definition) is 1. The molecule has 0 saturated heterocycles. The van der Waals surface area contributed by atoms with Gasteiger partial charge in [0, 0.05) is 11.6 Å². The van der Waals surface area contributed by atoms with E-state index in [2.05, 4.69) is 4.98 Å². The van der Waals surface area contributed by atoms with Gasteiger partial charge in [-0.15, -0.1) is 0 Å². The fourth-order valence-corrected chi connectivity index (χ4v) is 1.66. The van der Waals surface area contributed by atoms with Crippen LogP contribution in [0.2, 0.25) is 10.0 Å². The maximum Gasteiger partial charge on any atom is 0.0721 e. The lowest BCUT2D eigenvalue weighted by Crippen LogP contribution is -1.88. The van der Waals surface area contributed by atoms with Gasteiger partial charge in [0.15, 0.2) is 0 Å². The summed E-state index contributed by atoms with van der Waals surface area (Å²) in [4.78, 5) is 4.14. The van der Waals surface area contributed by atoms with Crippen LogP contribution in [0.25, 0.3) is 10.9 Å². The third kappa shape index (κ3) is 1.57. The van der Waals surface area contributed by atoms with Crippen LogP contribution in [0.1, 0.15) is 5.56 Å². The van der Waals surface area contributed by atoms with Crippen LogP contribution < -0.4 is 0 Å². The van der Waals surface area contributed by atoms with Crippen molar-refractivity contribution in [1.82, 2.24) is 4.98 Å². The van der Waals surface area contributed by atoms with Crippen LogP contribution in [0.3, 0.4) is 0 Å². The zero-order valence-electron chi connectivity index (χ0n) is 7.17. The Morgan fingerprint density at radius 3 is 2.64 bits per heavy atom. The fraction of sp³-hybridized carbons (Fsp3) is 0.100. The molecule has 0 spiro atoms. The molecule has 1 N–H and O–H groups in total. The molecule has 0 atom stereocenters. The van der Waals surface area contributed by atoms with E-state index in [1.807, 2.05) is 0 Å². The highest BCUT2D eigenvalue weighted by molar-refractivity contribution is 6.42. The number of hydrogen-bond acceptors (Lipinski definition) is 2. The molecule has 0 amide bonds. The lowest BCUT2D eigenvalue weighted by atomic mass is 10.1. The van der Waals surface area contributed by atoms with Crippen molar-refractivity contribution in [2.45, 2.75) is 6.61 Å². The number of fused-ring (bicyclic) bond motifs is 1.